The molecule has 0 saturated carbocycles. The van der Waals surface area contributed by atoms with E-state index in [4.69, 9.17) is 4.42 Å². The highest BCUT2D eigenvalue weighted by Crippen LogP contribution is 2.14. The molecule has 0 saturated heterocycles. The number of furan rings is 1. The van der Waals surface area contributed by atoms with Crippen molar-refractivity contribution in [3.8, 4) is 0 Å². The van der Waals surface area contributed by atoms with Gasteiger partial charge in [-0.25, -0.2) is 0 Å². The number of hydrogen-bond donors (Lipinski definition) is 2. The van der Waals surface area contributed by atoms with Gasteiger partial charge < -0.3 is 15.1 Å². The van der Waals surface area contributed by atoms with Crippen LogP contribution in [0.15, 0.2) is 22.8 Å². The summed E-state index contributed by atoms with van der Waals surface area (Å²) >= 11 is 0. The van der Waals surface area contributed by atoms with Crippen molar-refractivity contribution in [2.45, 2.75) is 53.6 Å². The van der Waals surface area contributed by atoms with Gasteiger partial charge in [-0.15, -0.1) is 0 Å². The molecule has 1 heterocycles. The molecule has 1 rings (SSSR count). The number of nitrogens with one attached hydrogen (secondary N) is 2. The van der Waals surface area contributed by atoms with Crippen LogP contribution in [0.4, 0.5) is 0 Å². The van der Waals surface area contributed by atoms with E-state index < -0.39 is 11.5 Å². The standard InChI is InChI=1S/C16H26N2O3/c1-11(2)9-13(18-15(20)16(3,4)5)14(19)17-10-12-7-6-8-21-12/h6-8,11,13H,9-10H2,1-5H3,(H,17,19)(H,18,20)/t13-/m0/s1. The average molecular weight is 294 g/mol. The zero-order valence-electron chi connectivity index (χ0n) is 13.5. The molecule has 21 heavy (non-hydrogen) atoms. The smallest absolute Gasteiger partial charge is 0.242 e. The highest BCUT2D eigenvalue weighted by atomic mass is 16.3. The molecule has 2 amide bonds. The molecular weight excluding hydrogens is 268 g/mol. The van der Waals surface area contributed by atoms with E-state index in [1.165, 1.54) is 0 Å². The SMILES string of the molecule is CC(C)C[C@H](NC(=O)C(C)(C)C)C(=O)NCc1ccco1. The van der Waals surface area contributed by atoms with Crippen LogP contribution in [0.3, 0.4) is 0 Å². The lowest BCUT2D eigenvalue weighted by Gasteiger charge is -2.24. The first-order chi connectivity index (χ1) is 9.70. The van der Waals surface area contributed by atoms with Gasteiger partial charge in [0.2, 0.25) is 11.8 Å². The van der Waals surface area contributed by atoms with E-state index in [1.807, 2.05) is 34.6 Å². The van der Waals surface area contributed by atoms with Gasteiger partial charge in [0.25, 0.3) is 0 Å². The van der Waals surface area contributed by atoms with Gasteiger partial charge in [-0.2, -0.15) is 0 Å². The van der Waals surface area contributed by atoms with Crippen molar-refractivity contribution in [2.75, 3.05) is 0 Å². The van der Waals surface area contributed by atoms with E-state index >= 15 is 0 Å². The lowest BCUT2D eigenvalue weighted by atomic mass is 9.94. The maximum atomic E-state index is 12.3. The summed E-state index contributed by atoms with van der Waals surface area (Å²) in [5, 5.41) is 5.64. The fourth-order valence-electron chi connectivity index (χ4n) is 1.79. The summed E-state index contributed by atoms with van der Waals surface area (Å²) in [6.45, 7) is 9.86. The third kappa shape index (κ3) is 6.02. The van der Waals surface area contributed by atoms with Gasteiger partial charge in [-0.3, -0.25) is 9.59 Å². The molecule has 0 fully saturated rings. The molecule has 1 atom stereocenters. The largest absolute Gasteiger partial charge is 0.467 e. The van der Waals surface area contributed by atoms with Gasteiger partial charge in [0, 0.05) is 5.41 Å². The second-order valence-electron chi connectivity index (χ2n) is 6.70. The maximum Gasteiger partial charge on any atom is 0.242 e. The van der Waals surface area contributed by atoms with Gasteiger partial charge in [-0.05, 0) is 24.5 Å². The van der Waals surface area contributed by atoms with Crippen molar-refractivity contribution >= 4 is 11.8 Å². The molecule has 0 aliphatic rings. The van der Waals surface area contributed by atoms with Crippen LogP contribution in [-0.4, -0.2) is 17.9 Å². The molecule has 5 nitrogen and oxygen atoms in total. The zero-order valence-corrected chi connectivity index (χ0v) is 13.5. The maximum absolute atomic E-state index is 12.3. The van der Waals surface area contributed by atoms with Gasteiger partial charge in [0.05, 0.1) is 12.8 Å². The summed E-state index contributed by atoms with van der Waals surface area (Å²) in [7, 11) is 0. The van der Waals surface area contributed by atoms with Crippen molar-refractivity contribution in [3.63, 3.8) is 0 Å². The first kappa shape index (κ1) is 17.3. The van der Waals surface area contributed by atoms with Crippen molar-refractivity contribution in [1.29, 1.82) is 0 Å². The number of hydrogen-bond acceptors (Lipinski definition) is 3. The third-order valence-corrected chi connectivity index (χ3v) is 3.03. The fourth-order valence-corrected chi connectivity index (χ4v) is 1.79. The first-order valence-electron chi connectivity index (χ1n) is 7.31. The summed E-state index contributed by atoms with van der Waals surface area (Å²) in [5.41, 5.74) is -0.517. The van der Waals surface area contributed by atoms with Gasteiger partial charge in [0.1, 0.15) is 11.8 Å². The highest BCUT2D eigenvalue weighted by Gasteiger charge is 2.27. The molecule has 0 spiro atoms. The first-order valence-corrected chi connectivity index (χ1v) is 7.31. The summed E-state index contributed by atoms with van der Waals surface area (Å²) in [6.07, 6.45) is 2.17. The molecule has 0 aliphatic heterocycles. The van der Waals surface area contributed by atoms with Crippen LogP contribution in [-0.2, 0) is 16.1 Å². The Morgan fingerprint density at radius 2 is 1.95 bits per heavy atom. The summed E-state index contributed by atoms with van der Waals surface area (Å²) < 4.78 is 5.18. The highest BCUT2D eigenvalue weighted by molar-refractivity contribution is 5.89. The molecule has 0 aromatic carbocycles. The van der Waals surface area contributed by atoms with E-state index in [0.29, 0.717) is 24.6 Å². The van der Waals surface area contributed by atoms with Crippen LogP contribution >= 0.6 is 0 Å². The molecule has 1 aromatic rings. The van der Waals surface area contributed by atoms with Crippen LogP contribution in [0.2, 0.25) is 0 Å². The molecule has 0 unspecified atom stereocenters. The zero-order chi connectivity index (χ0) is 16.0. The molecule has 0 bridgehead atoms. The Morgan fingerprint density at radius 3 is 2.43 bits per heavy atom. The predicted octanol–water partition coefficient (Wildman–Crippen LogP) is 2.47. The van der Waals surface area contributed by atoms with Crippen LogP contribution < -0.4 is 10.6 Å². The summed E-state index contributed by atoms with van der Waals surface area (Å²) in [4.78, 5) is 24.4. The Balaban J connectivity index is 2.63. The Bertz CT molecular complexity index is 458. The van der Waals surface area contributed by atoms with Crippen LogP contribution in [0.25, 0.3) is 0 Å². The number of rotatable bonds is 6. The van der Waals surface area contributed by atoms with Crippen molar-refractivity contribution in [2.24, 2.45) is 11.3 Å². The topological polar surface area (TPSA) is 71.3 Å². The summed E-state index contributed by atoms with van der Waals surface area (Å²) in [6, 6.07) is 3.05. The second-order valence-corrected chi connectivity index (χ2v) is 6.70. The Hall–Kier alpha value is -1.78. The molecule has 5 heteroatoms. The Morgan fingerprint density at radius 1 is 1.29 bits per heavy atom. The second kappa shape index (κ2) is 7.29. The number of carbonyl (C=O) groups is 2. The lowest BCUT2D eigenvalue weighted by Crippen LogP contribution is -2.50. The summed E-state index contributed by atoms with van der Waals surface area (Å²) in [5.74, 6) is 0.692. The van der Waals surface area contributed by atoms with Gasteiger partial charge >= 0.3 is 0 Å². The molecule has 0 aliphatic carbocycles. The lowest BCUT2D eigenvalue weighted by molar-refractivity contribution is -0.133. The number of carbonyl (C=O) groups excluding carboxylic acids is 2. The quantitative estimate of drug-likeness (QED) is 0.846. The van der Waals surface area contributed by atoms with Crippen molar-refractivity contribution in [3.05, 3.63) is 24.2 Å². The average Bonchev–Trinajstić information content (AvgIpc) is 2.86. The Kier molecular flexibility index (Phi) is 6.00. The molecular formula is C16H26N2O3. The minimum Gasteiger partial charge on any atom is -0.467 e. The normalized spacial score (nSPS) is 13.0. The third-order valence-electron chi connectivity index (χ3n) is 3.03. The molecule has 1 aromatic heterocycles. The van der Waals surface area contributed by atoms with E-state index in [1.54, 1.807) is 18.4 Å². The van der Waals surface area contributed by atoms with E-state index in [9.17, 15) is 9.59 Å². The van der Waals surface area contributed by atoms with E-state index in [2.05, 4.69) is 10.6 Å². The monoisotopic (exact) mass is 294 g/mol. The van der Waals surface area contributed by atoms with Crippen molar-refractivity contribution in [1.82, 2.24) is 10.6 Å². The van der Waals surface area contributed by atoms with E-state index in [0.717, 1.165) is 0 Å². The molecule has 2 N–H and O–H groups in total. The fraction of sp³-hybridized carbons (Fsp3) is 0.625. The van der Waals surface area contributed by atoms with Crippen LogP contribution in [0, 0.1) is 11.3 Å². The predicted molar refractivity (Wildman–Crippen MR) is 81.4 cm³/mol. The minimum atomic E-state index is -0.522. The van der Waals surface area contributed by atoms with Crippen molar-refractivity contribution < 1.29 is 14.0 Å². The van der Waals surface area contributed by atoms with Gasteiger partial charge in [0.15, 0.2) is 0 Å². The Labute approximate surface area is 126 Å². The van der Waals surface area contributed by atoms with Crippen LogP contribution in [0.5, 0.6) is 0 Å². The van der Waals surface area contributed by atoms with E-state index in [-0.39, 0.29) is 11.8 Å². The molecule has 118 valence electrons. The number of amides is 2. The van der Waals surface area contributed by atoms with Gasteiger partial charge in [-0.1, -0.05) is 34.6 Å². The minimum absolute atomic E-state index is 0.124. The molecule has 0 radical (unpaired) electrons. The van der Waals surface area contributed by atoms with Crippen LogP contribution in [0.1, 0.15) is 46.8 Å².